The average molecular weight is 343 g/mol. The molecule has 1 aliphatic carbocycles. The summed E-state index contributed by atoms with van der Waals surface area (Å²) in [6.07, 6.45) is 7.46. The van der Waals surface area contributed by atoms with Crippen LogP contribution < -0.4 is 4.74 Å². The van der Waals surface area contributed by atoms with E-state index in [0.717, 1.165) is 18.4 Å². The molecular formula is C20H25NO4. The third-order valence-corrected chi connectivity index (χ3v) is 5.17. The van der Waals surface area contributed by atoms with Crippen LogP contribution in [0, 0.1) is 12.8 Å². The van der Waals surface area contributed by atoms with Crippen LogP contribution in [0.1, 0.15) is 37.7 Å². The van der Waals surface area contributed by atoms with Crippen LogP contribution in [0.15, 0.2) is 36.4 Å². The van der Waals surface area contributed by atoms with Crippen LogP contribution in [0.4, 0.5) is 0 Å². The maximum atomic E-state index is 12.4. The normalized spacial score (nSPS) is 22.0. The van der Waals surface area contributed by atoms with Gasteiger partial charge in [0.25, 0.3) is 0 Å². The molecule has 0 aromatic heterocycles. The van der Waals surface area contributed by atoms with Crippen molar-refractivity contribution in [2.45, 2.75) is 44.6 Å². The Bertz CT molecular complexity index is 674. The number of benzene rings is 1. The van der Waals surface area contributed by atoms with Gasteiger partial charge in [-0.05, 0) is 43.4 Å². The predicted molar refractivity (Wildman–Crippen MR) is 94.5 cm³/mol. The summed E-state index contributed by atoms with van der Waals surface area (Å²) in [7, 11) is 0. The molecule has 1 amide bonds. The van der Waals surface area contributed by atoms with Crippen molar-refractivity contribution < 1.29 is 19.4 Å². The van der Waals surface area contributed by atoms with E-state index in [9.17, 15) is 14.7 Å². The number of ether oxygens (including phenoxy) is 1. The van der Waals surface area contributed by atoms with E-state index >= 15 is 0 Å². The van der Waals surface area contributed by atoms with Gasteiger partial charge in [0.05, 0.1) is 0 Å². The topological polar surface area (TPSA) is 66.8 Å². The summed E-state index contributed by atoms with van der Waals surface area (Å²) in [6.45, 7) is 2.79. The van der Waals surface area contributed by atoms with Gasteiger partial charge in [0.1, 0.15) is 5.75 Å². The fourth-order valence-corrected chi connectivity index (χ4v) is 3.60. The molecule has 25 heavy (non-hydrogen) atoms. The first-order chi connectivity index (χ1) is 12.0. The van der Waals surface area contributed by atoms with Gasteiger partial charge >= 0.3 is 5.97 Å². The Morgan fingerprint density at radius 2 is 2.08 bits per heavy atom. The maximum Gasteiger partial charge on any atom is 0.348 e. The third-order valence-electron chi connectivity index (χ3n) is 5.17. The minimum atomic E-state index is -1.25. The van der Waals surface area contributed by atoms with Crippen LogP contribution in [-0.2, 0) is 9.59 Å². The van der Waals surface area contributed by atoms with Crippen LogP contribution in [0.25, 0.3) is 0 Å². The molecule has 0 bridgehead atoms. The summed E-state index contributed by atoms with van der Waals surface area (Å²) in [4.78, 5) is 26.1. The average Bonchev–Trinajstić information content (AvgIpc) is 3.08. The SMILES string of the molecule is Cc1cccc(OC2(C(=O)O)CCN(C(=O)C[C@@H]3C=CCC3)CC2)c1. The van der Waals surface area contributed by atoms with Crippen LogP contribution in [0.2, 0.25) is 0 Å². The minimum absolute atomic E-state index is 0.117. The second-order valence-corrected chi connectivity index (χ2v) is 7.07. The maximum absolute atomic E-state index is 12.4. The molecule has 1 atom stereocenters. The molecule has 1 fully saturated rings. The molecule has 1 aliphatic heterocycles. The predicted octanol–water partition coefficient (Wildman–Crippen LogP) is 3.18. The molecule has 1 saturated heterocycles. The molecule has 0 saturated carbocycles. The van der Waals surface area contributed by atoms with E-state index in [1.807, 2.05) is 25.1 Å². The molecule has 2 aliphatic rings. The molecule has 1 aromatic rings. The third kappa shape index (κ3) is 4.03. The summed E-state index contributed by atoms with van der Waals surface area (Å²) in [5, 5.41) is 9.74. The van der Waals surface area contributed by atoms with E-state index in [4.69, 9.17) is 4.74 Å². The highest BCUT2D eigenvalue weighted by Gasteiger charge is 2.45. The number of piperidine rings is 1. The lowest BCUT2D eigenvalue weighted by atomic mass is 9.90. The quantitative estimate of drug-likeness (QED) is 0.834. The van der Waals surface area contributed by atoms with Gasteiger partial charge in [-0.3, -0.25) is 4.79 Å². The van der Waals surface area contributed by atoms with E-state index in [2.05, 4.69) is 12.2 Å². The number of carbonyl (C=O) groups excluding carboxylic acids is 1. The second-order valence-electron chi connectivity index (χ2n) is 7.07. The van der Waals surface area contributed by atoms with Crippen molar-refractivity contribution >= 4 is 11.9 Å². The molecule has 1 heterocycles. The molecule has 5 heteroatoms. The number of aliphatic carboxylic acids is 1. The van der Waals surface area contributed by atoms with Gasteiger partial charge in [0.2, 0.25) is 11.5 Å². The van der Waals surface area contributed by atoms with Crippen LogP contribution >= 0.6 is 0 Å². The van der Waals surface area contributed by atoms with Gasteiger partial charge in [0.15, 0.2) is 0 Å². The zero-order valence-corrected chi connectivity index (χ0v) is 14.6. The smallest absolute Gasteiger partial charge is 0.348 e. The van der Waals surface area contributed by atoms with E-state index in [-0.39, 0.29) is 5.91 Å². The number of amides is 1. The summed E-state index contributed by atoms with van der Waals surface area (Å²) >= 11 is 0. The Labute approximate surface area is 148 Å². The van der Waals surface area contributed by atoms with E-state index in [0.29, 0.717) is 44.0 Å². The van der Waals surface area contributed by atoms with Crippen molar-refractivity contribution in [3.8, 4) is 5.75 Å². The first-order valence-corrected chi connectivity index (χ1v) is 8.92. The van der Waals surface area contributed by atoms with Crippen LogP contribution in [-0.4, -0.2) is 40.6 Å². The standard InChI is InChI=1S/C20H25NO4/c1-15-5-4-8-17(13-15)25-20(19(23)24)9-11-21(12-10-20)18(22)14-16-6-2-3-7-16/h2,4-6,8,13,16H,3,7,9-12,14H2,1H3,(H,23,24)/t16-/m1/s1. The lowest BCUT2D eigenvalue weighted by Crippen LogP contribution is -2.54. The Morgan fingerprint density at radius 1 is 1.32 bits per heavy atom. The van der Waals surface area contributed by atoms with Crippen molar-refractivity contribution in [2.24, 2.45) is 5.92 Å². The van der Waals surface area contributed by atoms with Crippen molar-refractivity contribution in [3.05, 3.63) is 42.0 Å². The first kappa shape index (κ1) is 17.5. The van der Waals surface area contributed by atoms with Crippen LogP contribution in [0.5, 0.6) is 5.75 Å². The molecular weight excluding hydrogens is 318 g/mol. The molecule has 5 nitrogen and oxygen atoms in total. The van der Waals surface area contributed by atoms with Crippen molar-refractivity contribution in [3.63, 3.8) is 0 Å². The number of likely N-dealkylation sites (tertiary alicyclic amines) is 1. The van der Waals surface area contributed by atoms with Crippen molar-refractivity contribution in [1.29, 1.82) is 0 Å². The van der Waals surface area contributed by atoms with Gasteiger partial charge in [-0.1, -0.05) is 24.3 Å². The lowest BCUT2D eigenvalue weighted by molar-refractivity contribution is -0.162. The number of hydrogen-bond donors (Lipinski definition) is 1. The summed E-state index contributed by atoms with van der Waals surface area (Å²) in [5.74, 6) is 0.0615. The lowest BCUT2D eigenvalue weighted by Gasteiger charge is -2.39. The van der Waals surface area contributed by atoms with E-state index < -0.39 is 11.6 Å². The molecule has 3 rings (SSSR count). The number of carboxylic acid groups (broad SMARTS) is 1. The Hall–Kier alpha value is -2.30. The Kier molecular flexibility index (Phi) is 5.11. The Balaban J connectivity index is 1.63. The van der Waals surface area contributed by atoms with E-state index in [1.165, 1.54) is 0 Å². The monoisotopic (exact) mass is 343 g/mol. The van der Waals surface area contributed by atoms with Gasteiger partial charge in [0, 0.05) is 32.4 Å². The fraction of sp³-hybridized carbons (Fsp3) is 0.500. The Morgan fingerprint density at radius 3 is 2.68 bits per heavy atom. The molecule has 0 radical (unpaired) electrons. The van der Waals surface area contributed by atoms with E-state index in [1.54, 1.807) is 11.0 Å². The van der Waals surface area contributed by atoms with Crippen molar-refractivity contribution in [1.82, 2.24) is 4.90 Å². The summed E-state index contributed by atoms with van der Waals surface area (Å²) in [5.41, 5.74) is -0.229. The first-order valence-electron chi connectivity index (χ1n) is 8.92. The molecule has 1 N–H and O–H groups in total. The van der Waals surface area contributed by atoms with Gasteiger partial charge < -0.3 is 14.7 Å². The zero-order valence-electron chi connectivity index (χ0n) is 14.6. The number of allylic oxidation sites excluding steroid dienone is 2. The van der Waals surface area contributed by atoms with Crippen molar-refractivity contribution in [2.75, 3.05) is 13.1 Å². The fourth-order valence-electron chi connectivity index (χ4n) is 3.60. The number of carboxylic acids is 1. The zero-order chi connectivity index (χ0) is 17.9. The van der Waals surface area contributed by atoms with Crippen LogP contribution in [0.3, 0.4) is 0 Å². The van der Waals surface area contributed by atoms with Gasteiger partial charge in [-0.15, -0.1) is 0 Å². The molecule has 0 spiro atoms. The van der Waals surface area contributed by atoms with Gasteiger partial charge in [-0.2, -0.15) is 0 Å². The highest BCUT2D eigenvalue weighted by atomic mass is 16.5. The largest absolute Gasteiger partial charge is 0.478 e. The highest BCUT2D eigenvalue weighted by Crippen LogP contribution is 2.31. The summed E-state index contributed by atoms with van der Waals surface area (Å²) < 4.78 is 5.90. The number of hydrogen-bond acceptors (Lipinski definition) is 3. The second kappa shape index (κ2) is 7.30. The molecule has 134 valence electrons. The summed E-state index contributed by atoms with van der Waals surface area (Å²) in [6, 6.07) is 7.42. The molecule has 0 unspecified atom stereocenters. The highest BCUT2D eigenvalue weighted by molar-refractivity contribution is 5.80. The minimum Gasteiger partial charge on any atom is -0.478 e. The number of aryl methyl sites for hydroxylation is 1. The number of nitrogens with zero attached hydrogens (tertiary/aromatic N) is 1. The van der Waals surface area contributed by atoms with Gasteiger partial charge in [-0.25, -0.2) is 4.79 Å². The number of rotatable bonds is 5. The molecule has 1 aromatic carbocycles. The number of carbonyl (C=O) groups is 2.